The molecule has 0 atom stereocenters. The number of halogens is 2. The van der Waals surface area contributed by atoms with Crippen LogP contribution in [0.4, 0.5) is 5.69 Å². The number of hydrogen-bond acceptors (Lipinski definition) is 4. The van der Waals surface area contributed by atoms with Crippen molar-refractivity contribution in [3.63, 3.8) is 0 Å². The van der Waals surface area contributed by atoms with Crippen molar-refractivity contribution in [1.29, 1.82) is 5.26 Å². The van der Waals surface area contributed by atoms with Gasteiger partial charge in [0.25, 0.3) is 0 Å². The number of ether oxygens (including phenoxy) is 2. The molecule has 0 aromatic heterocycles. The summed E-state index contributed by atoms with van der Waals surface area (Å²) in [6, 6.07) is 10.8. The third-order valence-electron chi connectivity index (χ3n) is 3.07. The zero-order valence-electron chi connectivity index (χ0n) is 10.8. The Labute approximate surface area is 131 Å². The maximum absolute atomic E-state index is 8.81. The number of anilines is 1. The maximum Gasteiger partial charge on any atom is 0.231 e. The number of nitrogens with zero attached hydrogens (tertiary/aromatic N) is 1. The summed E-state index contributed by atoms with van der Waals surface area (Å²) in [5, 5.41) is 13.0. The van der Waals surface area contributed by atoms with E-state index in [9.17, 15) is 0 Å². The fourth-order valence-electron chi connectivity index (χ4n) is 2.05. The second kappa shape index (κ2) is 5.72. The highest BCUT2D eigenvalue weighted by atomic mass is 35.5. The molecule has 0 radical (unpaired) electrons. The first-order valence-electron chi connectivity index (χ1n) is 6.19. The molecule has 0 unspecified atom stereocenters. The highest BCUT2D eigenvalue weighted by Gasteiger charge is 2.18. The van der Waals surface area contributed by atoms with Gasteiger partial charge in [0.15, 0.2) is 11.5 Å². The molecule has 1 heterocycles. The van der Waals surface area contributed by atoms with Crippen molar-refractivity contribution < 1.29 is 9.47 Å². The lowest BCUT2D eigenvalue weighted by atomic mass is 10.2. The van der Waals surface area contributed by atoms with Crippen LogP contribution in [-0.2, 0) is 6.54 Å². The normalized spacial score (nSPS) is 12.0. The van der Waals surface area contributed by atoms with Crippen molar-refractivity contribution in [2.24, 2.45) is 0 Å². The van der Waals surface area contributed by atoms with Gasteiger partial charge in [-0.3, -0.25) is 0 Å². The molecule has 6 heteroatoms. The van der Waals surface area contributed by atoms with Crippen LogP contribution in [0.2, 0.25) is 10.0 Å². The van der Waals surface area contributed by atoms with Crippen molar-refractivity contribution in [3.05, 3.63) is 51.5 Å². The van der Waals surface area contributed by atoms with Gasteiger partial charge in [-0.25, -0.2) is 0 Å². The summed E-state index contributed by atoms with van der Waals surface area (Å²) in [4.78, 5) is 0. The number of rotatable bonds is 3. The Hall–Kier alpha value is -2.09. The van der Waals surface area contributed by atoms with E-state index in [0.29, 0.717) is 33.7 Å². The Kier molecular flexibility index (Phi) is 3.78. The Morgan fingerprint density at radius 1 is 1.14 bits per heavy atom. The summed E-state index contributed by atoms with van der Waals surface area (Å²) in [6.07, 6.45) is 0. The Bertz CT molecular complexity index is 741. The topological polar surface area (TPSA) is 54.3 Å². The van der Waals surface area contributed by atoms with Crippen LogP contribution in [0.25, 0.3) is 0 Å². The van der Waals surface area contributed by atoms with E-state index in [1.807, 2.05) is 18.2 Å². The fraction of sp³-hybridized carbons (Fsp3) is 0.133. The van der Waals surface area contributed by atoms with Gasteiger partial charge in [-0.15, -0.1) is 0 Å². The van der Waals surface area contributed by atoms with Crippen LogP contribution in [0, 0.1) is 11.3 Å². The van der Waals surface area contributed by atoms with E-state index in [-0.39, 0.29) is 6.79 Å². The van der Waals surface area contributed by atoms with Gasteiger partial charge >= 0.3 is 0 Å². The van der Waals surface area contributed by atoms with Gasteiger partial charge in [-0.2, -0.15) is 5.26 Å². The molecule has 0 saturated carbocycles. The zero-order chi connectivity index (χ0) is 14.8. The van der Waals surface area contributed by atoms with E-state index >= 15 is 0 Å². The third kappa shape index (κ3) is 2.85. The molecule has 0 saturated heterocycles. The van der Waals surface area contributed by atoms with Crippen molar-refractivity contribution >= 4 is 28.9 Å². The molecule has 1 aliphatic rings. The predicted molar refractivity (Wildman–Crippen MR) is 81.1 cm³/mol. The van der Waals surface area contributed by atoms with Gasteiger partial charge in [0.05, 0.1) is 27.4 Å². The number of fused-ring (bicyclic) bond motifs is 1. The summed E-state index contributed by atoms with van der Waals surface area (Å²) in [7, 11) is 0. The maximum atomic E-state index is 8.81. The second-order valence-electron chi connectivity index (χ2n) is 4.47. The minimum atomic E-state index is 0.188. The lowest BCUT2D eigenvalue weighted by Gasteiger charge is -2.10. The summed E-state index contributed by atoms with van der Waals surface area (Å²) < 4.78 is 10.6. The first kappa shape index (κ1) is 13.9. The number of benzene rings is 2. The van der Waals surface area contributed by atoms with Crippen LogP contribution in [0.3, 0.4) is 0 Å². The molecule has 2 aromatic rings. The van der Waals surface area contributed by atoms with Crippen LogP contribution in [0.1, 0.15) is 11.1 Å². The van der Waals surface area contributed by atoms with E-state index in [2.05, 4.69) is 5.32 Å². The summed E-state index contributed by atoms with van der Waals surface area (Å²) in [6.45, 7) is 0.718. The number of nitrogens with one attached hydrogen (secondary N) is 1. The van der Waals surface area contributed by atoms with E-state index < -0.39 is 0 Å². The van der Waals surface area contributed by atoms with Crippen LogP contribution in [-0.4, -0.2) is 6.79 Å². The average molecular weight is 321 g/mol. The molecule has 0 spiro atoms. The number of nitriles is 1. The Balaban J connectivity index is 1.77. The Morgan fingerprint density at radius 3 is 2.76 bits per heavy atom. The summed E-state index contributed by atoms with van der Waals surface area (Å²) in [5.74, 6) is 1.22. The van der Waals surface area contributed by atoms with E-state index in [4.69, 9.17) is 37.9 Å². The van der Waals surface area contributed by atoms with E-state index in [1.54, 1.807) is 18.2 Å². The smallest absolute Gasteiger partial charge is 0.231 e. The molecule has 4 nitrogen and oxygen atoms in total. The third-order valence-corrected chi connectivity index (χ3v) is 3.66. The Morgan fingerprint density at radius 2 is 2.00 bits per heavy atom. The molecule has 0 bridgehead atoms. The second-order valence-corrected chi connectivity index (χ2v) is 5.29. The highest BCUT2D eigenvalue weighted by Crippen LogP contribution is 2.40. The molecule has 0 amide bonds. The molecule has 2 aromatic carbocycles. The molecular weight excluding hydrogens is 311 g/mol. The molecule has 3 rings (SSSR count). The van der Waals surface area contributed by atoms with Crippen molar-refractivity contribution in [2.45, 2.75) is 6.54 Å². The van der Waals surface area contributed by atoms with Crippen LogP contribution in [0.15, 0.2) is 30.3 Å². The summed E-state index contributed by atoms with van der Waals surface area (Å²) in [5.41, 5.74) is 2.23. The molecule has 21 heavy (non-hydrogen) atoms. The minimum absolute atomic E-state index is 0.188. The molecule has 1 N–H and O–H groups in total. The van der Waals surface area contributed by atoms with E-state index in [0.717, 1.165) is 11.3 Å². The monoisotopic (exact) mass is 320 g/mol. The first-order valence-corrected chi connectivity index (χ1v) is 6.94. The molecule has 1 aliphatic heterocycles. The van der Waals surface area contributed by atoms with Gasteiger partial charge in [0.2, 0.25) is 6.79 Å². The van der Waals surface area contributed by atoms with Gasteiger partial charge < -0.3 is 14.8 Å². The lowest BCUT2D eigenvalue weighted by Crippen LogP contribution is -2.00. The van der Waals surface area contributed by atoms with Crippen LogP contribution >= 0.6 is 23.2 Å². The minimum Gasteiger partial charge on any atom is -0.454 e. The quantitative estimate of drug-likeness (QED) is 0.920. The summed E-state index contributed by atoms with van der Waals surface area (Å²) >= 11 is 12.2. The first-order chi connectivity index (χ1) is 10.2. The van der Waals surface area contributed by atoms with Crippen LogP contribution in [0.5, 0.6) is 11.5 Å². The van der Waals surface area contributed by atoms with Crippen molar-refractivity contribution in [2.75, 3.05) is 12.1 Å². The highest BCUT2D eigenvalue weighted by molar-refractivity contribution is 6.33. The van der Waals surface area contributed by atoms with Gasteiger partial charge in [-0.05, 0) is 35.9 Å². The standard InChI is InChI=1S/C15H10Cl2N2O2/c16-11-3-9(6-18)1-2-13(11)19-7-10-4-12(17)15-14(5-10)20-8-21-15/h1-5,19H,7-8H2. The van der Waals surface area contributed by atoms with Crippen LogP contribution < -0.4 is 14.8 Å². The largest absolute Gasteiger partial charge is 0.454 e. The molecular formula is C15H10Cl2N2O2. The van der Waals surface area contributed by atoms with Gasteiger partial charge in [0, 0.05) is 6.54 Å². The average Bonchev–Trinajstić information content (AvgIpc) is 2.95. The molecule has 0 fully saturated rings. The van der Waals surface area contributed by atoms with Gasteiger partial charge in [0.1, 0.15) is 0 Å². The van der Waals surface area contributed by atoms with Crippen molar-refractivity contribution in [3.8, 4) is 17.6 Å². The fourth-order valence-corrected chi connectivity index (χ4v) is 2.58. The van der Waals surface area contributed by atoms with Gasteiger partial charge in [-0.1, -0.05) is 23.2 Å². The van der Waals surface area contributed by atoms with E-state index in [1.165, 1.54) is 0 Å². The predicted octanol–water partition coefficient (Wildman–Crippen LogP) is 4.21. The zero-order valence-corrected chi connectivity index (χ0v) is 12.3. The SMILES string of the molecule is N#Cc1ccc(NCc2cc(Cl)c3c(c2)OCO3)c(Cl)c1. The molecule has 106 valence electrons. The number of hydrogen-bond donors (Lipinski definition) is 1. The molecule has 0 aliphatic carbocycles. The lowest BCUT2D eigenvalue weighted by molar-refractivity contribution is 0.174. The van der Waals surface area contributed by atoms with Crippen molar-refractivity contribution in [1.82, 2.24) is 0 Å².